The summed E-state index contributed by atoms with van der Waals surface area (Å²) >= 11 is 0. The Balaban J connectivity index is 2.18. The summed E-state index contributed by atoms with van der Waals surface area (Å²) in [6.07, 6.45) is 0.456. The number of amides is 1. The topological polar surface area (TPSA) is 100 Å². The highest BCUT2D eigenvalue weighted by molar-refractivity contribution is 5.97. The van der Waals surface area contributed by atoms with E-state index in [2.05, 4.69) is 23.8 Å². The van der Waals surface area contributed by atoms with E-state index in [9.17, 15) is 9.59 Å². The summed E-state index contributed by atoms with van der Waals surface area (Å²) < 4.78 is 21.3. The lowest BCUT2D eigenvalue weighted by Crippen LogP contribution is -2.28. The van der Waals surface area contributed by atoms with Crippen LogP contribution in [0.15, 0.2) is 30.3 Å². The molecule has 0 bridgehead atoms. The monoisotopic (exact) mass is 464 g/mol. The Kier molecular flexibility index (Phi) is 9.67. The highest BCUT2D eigenvalue weighted by Crippen LogP contribution is 2.38. The van der Waals surface area contributed by atoms with E-state index >= 15 is 0 Å². The van der Waals surface area contributed by atoms with Crippen LogP contribution in [0.3, 0.4) is 0 Å². The van der Waals surface area contributed by atoms with Crippen molar-refractivity contribution < 1.29 is 28.5 Å². The predicted octanol–water partition coefficient (Wildman–Crippen LogP) is 3.34. The Morgan fingerprint density at radius 3 is 2.44 bits per heavy atom. The fraction of sp³-hybridized carbons (Fsp3) is 0.308. The first-order chi connectivity index (χ1) is 16.4. The van der Waals surface area contributed by atoms with Crippen molar-refractivity contribution in [3.63, 3.8) is 0 Å². The lowest BCUT2D eigenvalue weighted by Gasteiger charge is -2.18. The van der Waals surface area contributed by atoms with E-state index in [1.165, 1.54) is 25.2 Å². The first kappa shape index (κ1) is 26.0. The zero-order valence-corrected chi connectivity index (χ0v) is 20.0. The van der Waals surface area contributed by atoms with Gasteiger partial charge in [-0.25, -0.2) is 4.79 Å². The van der Waals surface area contributed by atoms with Crippen molar-refractivity contribution in [2.75, 3.05) is 40.2 Å². The molecule has 34 heavy (non-hydrogen) atoms. The molecule has 2 rings (SSSR count). The molecule has 0 spiro atoms. The third-order valence-corrected chi connectivity index (χ3v) is 4.73. The van der Waals surface area contributed by atoms with Crippen LogP contribution >= 0.6 is 0 Å². The molecular formula is C26H28N2O6. The summed E-state index contributed by atoms with van der Waals surface area (Å²) in [5.74, 6) is 8.59. The number of benzene rings is 2. The number of hydrogen-bond donors (Lipinski definition) is 1. The molecule has 0 heterocycles. The van der Waals surface area contributed by atoms with Crippen molar-refractivity contribution in [1.29, 1.82) is 0 Å². The number of hydrogen-bond acceptors (Lipinski definition) is 7. The number of carbonyl (C=O) groups excluding carboxylic acids is 2. The van der Waals surface area contributed by atoms with Gasteiger partial charge < -0.3 is 24.7 Å². The van der Waals surface area contributed by atoms with Gasteiger partial charge in [0, 0.05) is 24.6 Å². The number of nitrogen functional groups attached to an aromatic ring is 1. The maximum Gasteiger partial charge on any atom is 0.339 e. The molecule has 0 radical (unpaired) electrons. The molecule has 8 heteroatoms. The minimum atomic E-state index is -0.592. The average molecular weight is 465 g/mol. The second-order valence-corrected chi connectivity index (χ2v) is 6.86. The lowest BCUT2D eigenvalue weighted by atomic mass is 10.0. The molecule has 0 aromatic heterocycles. The van der Waals surface area contributed by atoms with Crippen molar-refractivity contribution in [3.05, 3.63) is 47.0 Å². The molecule has 2 N–H and O–H groups in total. The molecule has 2 aromatic rings. The van der Waals surface area contributed by atoms with Gasteiger partial charge in [0.25, 0.3) is 5.91 Å². The van der Waals surface area contributed by atoms with Crippen molar-refractivity contribution in [1.82, 2.24) is 4.90 Å². The second-order valence-electron chi connectivity index (χ2n) is 6.86. The normalized spacial score (nSPS) is 9.56. The van der Waals surface area contributed by atoms with Crippen molar-refractivity contribution in [3.8, 4) is 41.1 Å². The third-order valence-electron chi connectivity index (χ3n) is 4.73. The van der Waals surface area contributed by atoms with Crippen LogP contribution < -0.4 is 19.9 Å². The maximum atomic E-state index is 12.9. The minimum absolute atomic E-state index is 0.178. The van der Waals surface area contributed by atoms with Gasteiger partial charge in [0.1, 0.15) is 5.75 Å². The number of ether oxygens (including phenoxy) is 4. The van der Waals surface area contributed by atoms with E-state index in [0.717, 1.165) is 0 Å². The molecule has 0 saturated heterocycles. The number of anilines is 1. The van der Waals surface area contributed by atoms with Gasteiger partial charge in [-0.05, 0) is 38.1 Å². The van der Waals surface area contributed by atoms with Crippen LogP contribution in [-0.4, -0.2) is 51.3 Å². The van der Waals surface area contributed by atoms with Crippen LogP contribution in [0.5, 0.6) is 17.2 Å². The first-order valence-corrected chi connectivity index (χ1v) is 10.4. The number of nitrogens with zero attached hydrogens (tertiary/aromatic N) is 1. The number of nitrogens with two attached hydrogens (primary N) is 1. The summed E-state index contributed by atoms with van der Waals surface area (Å²) in [7, 11) is 4.26. The average Bonchev–Trinajstić information content (AvgIpc) is 2.86. The lowest BCUT2D eigenvalue weighted by molar-refractivity contribution is 0.0599. The van der Waals surface area contributed by atoms with E-state index in [-0.39, 0.29) is 35.3 Å². The van der Waals surface area contributed by atoms with Crippen LogP contribution in [0.2, 0.25) is 0 Å². The van der Waals surface area contributed by atoms with Gasteiger partial charge in [-0.15, -0.1) is 5.92 Å². The van der Waals surface area contributed by atoms with Gasteiger partial charge in [0.15, 0.2) is 11.5 Å². The van der Waals surface area contributed by atoms with Gasteiger partial charge >= 0.3 is 5.97 Å². The number of carbonyl (C=O) groups is 2. The highest BCUT2D eigenvalue weighted by Gasteiger charge is 2.22. The molecule has 2 aromatic carbocycles. The smallest absolute Gasteiger partial charge is 0.339 e. The summed E-state index contributed by atoms with van der Waals surface area (Å²) in [6.45, 7) is 3.82. The zero-order valence-electron chi connectivity index (χ0n) is 20.0. The van der Waals surface area contributed by atoms with Crippen molar-refractivity contribution in [2.24, 2.45) is 0 Å². The summed E-state index contributed by atoms with van der Waals surface area (Å²) in [5.41, 5.74) is 7.33. The summed E-state index contributed by atoms with van der Waals surface area (Å²) in [6, 6.07) is 11.2. The predicted molar refractivity (Wildman–Crippen MR) is 129 cm³/mol. The van der Waals surface area contributed by atoms with E-state index in [0.29, 0.717) is 29.8 Å². The van der Waals surface area contributed by atoms with E-state index in [4.69, 9.17) is 24.7 Å². The van der Waals surface area contributed by atoms with Gasteiger partial charge in [0.05, 0.1) is 44.8 Å². The zero-order chi connectivity index (χ0) is 25.1. The highest BCUT2D eigenvalue weighted by atomic mass is 16.5. The quantitative estimate of drug-likeness (QED) is 0.200. The Morgan fingerprint density at radius 1 is 1.06 bits per heavy atom. The summed E-state index contributed by atoms with van der Waals surface area (Å²) in [5, 5.41) is 0. The molecule has 8 nitrogen and oxygen atoms in total. The molecule has 0 aliphatic rings. The Morgan fingerprint density at radius 2 is 1.82 bits per heavy atom. The van der Waals surface area contributed by atoms with Crippen molar-refractivity contribution >= 4 is 17.6 Å². The number of esters is 1. The summed E-state index contributed by atoms with van der Waals surface area (Å²) in [4.78, 5) is 26.6. The molecule has 0 saturated carbocycles. The van der Waals surface area contributed by atoms with E-state index in [1.807, 2.05) is 0 Å². The van der Waals surface area contributed by atoms with Crippen molar-refractivity contribution in [2.45, 2.75) is 20.3 Å². The van der Waals surface area contributed by atoms with Crippen LogP contribution in [0, 0.1) is 23.8 Å². The fourth-order valence-electron chi connectivity index (χ4n) is 3.17. The molecular weight excluding hydrogens is 436 g/mol. The third kappa shape index (κ3) is 6.14. The SMILES string of the molecule is CC#Cc1c(C(=O)OC)cc(OCCCN(C#CC)C(=O)c2cccc(OC)c2)c(OC)c1N. The van der Waals surface area contributed by atoms with Crippen LogP contribution in [0.1, 0.15) is 46.5 Å². The molecule has 1 amide bonds. The van der Waals surface area contributed by atoms with Gasteiger partial charge in [0.2, 0.25) is 0 Å². The fourth-order valence-corrected chi connectivity index (χ4v) is 3.17. The second kappa shape index (κ2) is 12.7. The number of methoxy groups -OCH3 is 3. The Bertz CT molecular complexity index is 1170. The van der Waals surface area contributed by atoms with Gasteiger partial charge in [-0.1, -0.05) is 17.9 Å². The molecule has 0 aliphatic heterocycles. The molecule has 0 unspecified atom stereocenters. The molecule has 0 atom stereocenters. The standard InChI is InChI=1S/C26H28N2O6/c1-6-10-20-21(26(30)33-5)17-22(24(32-4)23(20)27)34-15-9-14-28(13-7-2)25(29)18-11-8-12-19(16-18)31-3/h8,11-12,16-17H,9,14-15,27H2,1-5H3. The minimum Gasteiger partial charge on any atom is -0.497 e. The van der Waals surface area contributed by atoms with E-state index in [1.54, 1.807) is 45.2 Å². The Hall–Kier alpha value is -4.30. The molecule has 0 aliphatic carbocycles. The Labute approximate surface area is 199 Å². The molecule has 0 fully saturated rings. The first-order valence-electron chi connectivity index (χ1n) is 10.4. The van der Waals surface area contributed by atoms with Gasteiger partial charge in [-0.2, -0.15) is 0 Å². The van der Waals surface area contributed by atoms with E-state index < -0.39 is 5.97 Å². The van der Waals surface area contributed by atoms with Crippen LogP contribution in [-0.2, 0) is 4.74 Å². The maximum absolute atomic E-state index is 12.9. The van der Waals surface area contributed by atoms with Gasteiger partial charge in [-0.3, -0.25) is 9.69 Å². The largest absolute Gasteiger partial charge is 0.497 e. The molecule has 178 valence electrons. The van der Waals surface area contributed by atoms with Crippen LogP contribution in [0.25, 0.3) is 0 Å². The van der Waals surface area contributed by atoms with Crippen LogP contribution in [0.4, 0.5) is 5.69 Å². The number of rotatable bonds is 9.